The predicted octanol–water partition coefficient (Wildman–Crippen LogP) is 2.46. The van der Waals surface area contributed by atoms with Crippen LogP contribution in [0.25, 0.3) is 0 Å². The second-order valence-electron chi connectivity index (χ2n) is 5.25. The van der Waals surface area contributed by atoms with E-state index in [-0.39, 0.29) is 11.8 Å². The first kappa shape index (κ1) is 14.5. The number of carbonyl (C=O) groups excluding carboxylic acids is 1. The highest BCUT2D eigenvalue weighted by Gasteiger charge is 2.19. The zero-order chi connectivity index (χ0) is 12.5. The van der Waals surface area contributed by atoms with Crippen LogP contribution in [-0.4, -0.2) is 25.0 Å². The Bertz CT molecular complexity index is 210. The Labute approximate surface area is 106 Å². The molecule has 17 heavy (non-hydrogen) atoms. The van der Waals surface area contributed by atoms with Crippen molar-refractivity contribution in [1.29, 1.82) is 0 Å². The van der Waals surface area contributed by atoms with Gasteiger partial charge in [-0.2, -0.15) is 0 Å². The Morgan fingerprint density at radius 2 is 1.76 bits per heavy atom. The van der Waals surface area contributed by atoms with Crippen LogP contribution in [0.1, 0.15) is 58.8 Å². The number of nitrogens with one attached hydrogen (secondary N) is 2. The van der Waals surface area contributed by atoms with Crippen LogP contribution in [0.15, 0.2) is 0 Å². The molecule has 1 aliphatic rings. The quantitative estimate of drug-likeness (QED) is 0.775. The average molecular weight is 240 g/mol. The van der Waals surface area contributed by atoms with Crippen molar-refractivity contribution in [2.45, 2.75) is 64.8 Å². The summed E-state index contributed by atoms with van der Waals surface area (Å²) in [4.78, 5) is 12.0. The fourth-order valence-electron chi connectivity index (χ4n) is 2.54. The highest BCUT2D eigenvalue weighted by molar-refractivity contribution is 5.78. The van der Waals surface area contributed by atoms with Gasteiger partial charge in [-0.05, 0) is 26.3 Å². The van der Waals surface area contributed by atoms with Crippen LogP contribution in [0.3, 0.4) is 0 Å². The maximum absolute atomic E-state index is 12.0. The lowest BCUT2D eigenvalue weighted by Crippen LogP contribution is -2.41. The summed E-state index contributed by atoms with van der Waals surface area (Å²) < 4.78 is 0. The molecule has 0 unspecified atom stereocenters. The summed E-state index contributed by atoms with van der Waals surface area (Å²) in [5.41, 5.74) is 0. The molecule has 100 valence electrons. The predicted molar refractivity (Wildman–Crippen MR) is 72.0 cm³/mol. The highest BCUT2D eigenvalue weighted by Crippen LogP contribution is 2.22. The normalized spacial score (nSPS) is 20.4. The topological polar surface area (TPSA) is 41.1 Å². The Morgan fingerprint density at radius 1 is 1.18 bits per heavy atom. The van der Waals surface area contributed by atoms with Gasteiger partial charge in [-0.3, -0.25) is 4.79 Å². The summed E-state index contributed by atoms with van der Waals surface area (Å²) in [7, 11) is 0. The molecule has 1 saturated carbocycles. The molecule has 0 heterocycles. The number of hydrogen-bond acceptors (Lipinski definition) is 2. The molecule has 2 N–H and O–H groups in total. The molecule has 1 rings (SSSR count). The second-order valence-corrected chi connectivity index (χ2v) is 5.25. The number of likely N-dealkylation sites (N-methyl/N-ethyl adjacent to an activating group) is 1. The molecule has 0 bridgehead atoms. The smallest absolute Gasteiger partial charge is 0.223 e. The third kappa shape index (κ3) is 6.06. The van der Waals surface area contributed by atoms with Crippen LogP contribution in [-0.2, 0) is 4.79 Å². The fraction of sp³-hybridized carbons (Fsp3) is 0.929. The minimum absolute atomic E-state index is 0.268. The third-order valence-corrected chi connectivity index (χ3v) is 3.61. The van der Waals surface area contributed by atoms with E-state index in [0.717, 1.165) is 25.9 Å². The zero-order valence-electron chi connectivity index (χ0n) is 11.4. The molecule has 0 aromatic rings. The largest absolute Gasteiger partial charge is 0.354 e. The van der Waals surface area contributed by atoms with Crippen LogP contribution in [0, 0.1) is 5.92 Å². The van der Waals surface area contributed by atoms with Crippen LogP contribution in [0.5, 0.6) is 0 Å². The van der Waals surface area contributed by atoms with Gasteiger partial charge in [0.2, 0.25) is 5.91 Å². The van der Waals surface area contributed by atoms with Gasteiger partial charge in [0.15, 0.2) is 0 Å². The van der Waals surface area contributed by atoms with E-state index in [1.54, 1.807) is 0 Å². The number of rotatable bonds is 5. The standard InChI is InChI=1S/C14H28N2O/c1-3-15-12(2)11-16-14(17)13-9-7-5-4-6-8-10-13/h12-13,15H,3-11H2,1-2H3,(H,16,17)/t12-/m1/s1. The first-order chi connectivity index (χ1) is 8.24. The molecule has 1 fully saturated rings. The molecule has 1 aliphatic carbocycles. The summed E-state index contributed by atoms with van der Waals surface area (Å²) >= 11 is 0. The molecule has 1 amide bonds. The molecule has 3 nitrogen and oxygen atoms in total. The van der Waals surface area contributed by atoms with E-state index in [2.05, 4.69) is 24.5 Å². The van der Waals surface area contributed by atoms with E-state index in [1.165, 1.54) is 32.1 Å². The van der Waals surface area contributed by atoms with Crippen LogP contribution < -0.4 is 10.6 Å². The first-order valence-corrected chi connectivity index (χ1v) is 7.25. The third-order valence-electron chi connectivity index (χ3n) is 3.61. The monoisotopic (exact) mass is 240 g/mol. The van der Waals surface area contributed by atoms with E-state index >= 15 is 0 Å². The lowest BCUT2D eigenvalue weighted by atomic mass is 9.90. The molecule has 1 atom stereocenters. The second kappa shape index (κ2) is 8.51. The minimum atomic E-state index is 0.268. The first-order valence-electron chi connectivity index (χ1n) is 7.25. The average Bonchev–Trinajstić information content (AvgIpc) is 2.26. The molecule has 0 saturated heterocycles. The van der Waals surface area contributed by atoms with Crippen molar-refractivity contribution in [3.63, 3.8) is 0 Å². The SMILES string of the molecule is CCN[C@H](C)CNC(=O)C1CCCCCCC1. The lowest BCUT2D eigenvalue weighted by Gasteiger charge is -2.20. The van der Waals surface area contributed by atoms with Crippen molar-refractivity contribution in [2.75, 3.05) is 13.1 Å². The van der Waals surface area contributed by atoms with Gasteiger partial charge in [-0.15, -0.1) is 0 Å². The van der Waals surface area contributed by atoms with Crippen LogP contribution in [0.4, 0.5) is 0 Å². The van der Waals surface area contributed by atoms with Gasteiger partial charge in [0, 0.05) is 18.5 Å². The molecule has 0 aromatic carbocycles. The molecule has 0 aliphatic heterocycles. The number of amides is 1. The van der Waals surface area contributed by atoms with E-state index in [1.807, 2.05) is 0 Å². The summed E-state index contributed by atoms with van der Waals surface area (Å²) in [5.74, 6) is 0.542. The number of hydrogen-bond donors (Lipinski definition) is 2. The van der Waals surface area contributed by atoms with Crippen molar-refractivity contribution in [1.82, 2.24) is 10.6 Å². The highest BCUT2D eigenvalue weighted by atomic mass is 16.1. The van der Waals surface area contributed by atoms with Gasteiger partial charge in [0.1, 0.15) is 0 Å². The molecule has 0 spiro atoms. The Balaban J connectivity index is 2.24. The van der Waals surface area contributed by atoms with Gasteiger partial charge in [0.05, 0.1) is 0 Å². The Morgan fingerprint density at radius 3 is 2.35 bits per heavy atom. The van der Waals surface area contributed by atoms with E-state index in [9.17, 15) is 4.79 Å². The maximum atomic E-state index is 12.0. The Hall–Kier alpha value is -0.570. The van der Waals surface area contributed by atoms with E-state index in [4.69, 9.17) is 0 Å². The van der Waals surface area contributed by atoms with Gasteiger partial charge in [-0.1, -0.05) is 39.0 Å². The van der Waals surface area contributed by atoms with Crippen molar-refractivity contribution in [2.24, 2.45) is 5.92 Å². The van der Waals surface area contributed by atoms with Crippen LogP contribution in [0.2, 0.25) is 0 Å². The van der Waals surface area contributed by atoms with Gasteiger partial charge in [-0.25, -0.2) is 0 Å². The van der Waals surface area contributed by atoms with Gasteiger partial charge >= 0.3 is 0 Å². The molecular weight excluding hydrogens is 212 g/mol. The van der Waals surface area contributed by atoms with Crippen LogP contribution >= 0.6 is 0 Å². The van der Waals surface area contributed by atoms with Gasteiger partial charge in [0.25, 0.3) is 0 Å². The van der Waals surface area contributed by atoms with E-state index < -0.39 is 0 Å². The van der Waals surface area contributed by atoms with Gasteiger partial charge < -0.3 is 10.6 Å². The zero-order valence-corrected chi connectivity index (χ0v) is 11.4. The van der Waals surface area contributed by atoms with Crippen molar-refractivity contribution < 1.29 is 4.79 Å². The van der Waals surface area contributed by atoms with Crippen molar-refractivity contribution in [3.8, 4) is 0 Å². The summed E-state index contributed by atoms with van der Waals surface area (Å²) in [5, 5.41) is 6.40. The van der Waals surface area contributed by atoms with Crippen molar-refractivity contribution >= 4 is 5.91 Å². The maximum Gasteiger partial charge on any atom is 0.223 e. The fourth-order valence-corrected chi connectivity index (χ4v) is 2.54. The van der Waals surface area contributed by atoms with E-state index in [0.29, 0.717) is 6.04 Å². The number of carbonyl (C=O) groups is 1. The lowest BCUT2D eigenvalue weighted by molar-refractivity contribution is -0.125. The summed E-state index contributed by atoms with van der Waals surface area (Å²) in [6.45, 7) is 5.92. The Kier molecular flexibility index (Phi) is 7.25. The summed E-state index contributed by atoms with van der Waals surface area (Å²) in [6, 6.07) is 0.373. The molecule has 3 heteroatoms. The molecular formula is C14H28N2O. The molecule has 0 aromatic heterocycles. The summed E-state index contributed by atoms with van der Waals surface area (Å²) in [6.07, 6.45) is 8.57. The molecule has 0 radical (unpaired) electrons. The van der Waals surface area contributed by atoms with Crippen molar-refractivity contribution in [3.05, 3.63) is 0 Å². The minimum Gasteiger partial charge on any atom is -0.354 e.